The number of aromatic hydroxyl groups is 1. The first kappa shape index (κ1) is 19.1. The van der Waals surface area contributed by atoms with Crippen molar-refractivity contribution in [2.45, 2.75) is 16.7 Å². The van der Waals surface area contributed by atoms with Crippen LogP contribution in [0.5, 0.6) is 5.75 Å². The molecular weight excluding hydrogens is 288 g/mol. The van der Waals surface area contributed by atoms with E-state index in [0.29, 0.717) is 6.07 Å². The highest BCUT2D eigenvalue weighted by molar-refractivity contribution is 7.89. The molecule has 0 spiro atoms. The smallest absolute Gasteiger partial charge is 0.296 e. The first-order valence-electron chi connectivity index (χ1n) is 3.82. The summed E-state index contributed by atoms with van der Waals surface area (Å²) in [4.78, 5) is -2.01. The molecule has 0 radical (unpaired) electrons. The van der Waals surface area contributed by atoms with E-state index in [0.717, 1.165) is 13.0 Å². The van der Waals surface area contributed by atoms with Gasteiger partial charge in [0.1, 0.15) is 15.5 Å². The summed E-state index contributed by atoms with van der Waals surface area (Å²) in [7, 11) is -9.68. The fourth-order valence-corrected chi connectivity index (χ4v) is 3.25. The van der Waals surface area contributed by atoms with Gasteiger partial charge in [0.2, 0.25) is 0 Å². The monoisotopic (exact) mass is 302 g/mol. The van der Waals surface area contributed by atoms with Crippen LogP contribution in [0.3, 0.4) is 0 Å². The zero-order valence-corrected chi connectivity index (χ0v) is 11.0. The summed E-state index contributed by atoms with van der Waals surface area (Å²) in [6, 6.07) is 1.58. The van der Waals surface area contributed by atoms with Crippen molar-refractivity contribution in [1.82, 2.24) is 12.3 Å². The molecule has 11 heteroatoms. The van der Waals surface area contributed by atoms with Crippen molar-refractivity contribution >= 4 is 20.2 Å². The van der Waals surface area contributed by atoms with Crippen LogP contribution in [0.1, 0.15) is 5.56 Å². The topological polar surface area (TPSA) is 199 Å². The van der Waals surface area contributed by atoms with Crippen LogP contribution in [0, 0.1) is 6.92 Å². The van der Waals surface area contributed by atoms with Crippen molar-refractivity contribution in [2.75, 3.05) is 0 Å². The quantitative estimate of drug-likeness (QED) is 0.483. The molecule has 9 nitrogen and oxygen atoms in total. The minimum Gasteiger partial charge on any atom is -0.508 e. The second kappa shape index (κ2) is 5.60. The molecule has 0 aliphatic carbocycles. The highest BCUT2D eigenvalue weighted by Crippen LogP contribution is 2.30. The Hall–Kier alpha value is -1.24. The Bertz CT molecular complexity index is 636. The van der Waals surface area contributed by atoms with Gasteiger partial charge in [-0.05, 0) is 19.1 Å². The maximum atomic E-state index is 10.9. The van der Waals surface area contributed by atoms with Crippen LogP contribution < -0.4 is 12.3 Å². The van der Waals surface area contributed by atoms with Crippen LogP contribution in [-0.4, -0.2) is 31.0 Å². The Morgan fingerprint density at radius 3 is 1.72 bits per heavy atom. The van der Waals surface area contributed by atoms with Gasteiger partial charge >= 0.3 is 0 Å². The molecule has 0 bridgehead atoms. The third kappa shape index (κ3) is 3.63. The van der Waals surface area contributed by atoms with E-state index in [9.17, 15) is 21.9 Å². The summed E-state index contributed by atoms with van der Waals surface area (Å²) in [6.45, 7) is 1.09. The molecule has 9 N–H and O–H groups in total. The number of hydrogen-bond acceptors (Lipinski definition) is 7. The van der Waals surface area contributed by atoms with Crippen LogP contribution in [-0.2, 0) is 20.2 Å². The average Bonchev–Trinajstić information content (AvgIpc) is 2.05. The van der Waals surface area contributed by atoms with Crippen molar-refractivity contribution in [2.24, 2.45) is 0 Å². The van der Waals surface area contributed by atoms with E-state index in [1.54, 1.807) is 0 Å². The van der Waals surface area contributed by atoms with Crippen molar-refractivity contribution in [3.63, 3.8) is 0 Å². The lowest BCUT2D eigenvalue weighted by atomic mass is 10.2. The summed E-state index contributed by atoms with van der Waals surface area (Å²) in [5.41, 5.74) is -0.363. The van der Waals surface area contributed by atoms with Crippen LogP contribution in [0.2, 0.25) is 0 Å². The van der Waals surface area contributed by atoms with E-state index in [1.165, 1.54) is 0 Å². The van der Waals surface area contributed by atoms with Crippen LogP contribution in [0.4, 0.5) is 0 Å². The minimum absolute atomic E-state index is 0. The number of phenols is 1. The molecule has 0 amide bonds. The molecule has 0 aliphatic heterocycles. The molecule has 0 saturated carbocycles. The predicted octanol–water partition coefficient (Wildman–Crippen LogP) is 0.518. The van der Waals surface area contributed by atoms with Gasteiger partial charge in [-0.3, -0.25) is 9.11 Å². The zero-order valence-electron chi connectivity index (χ0n) is 9.36. The normalized spacial score (nSPS) is 11.3. The summed E-state index contributed by atoms with van der Waals surface area (Å²) in [5.74, 6) is -0.514. The van der Waals surface area contributed by atoms with Crippen LogP contribution in [0.25, 0.3) is 0 Å². The largest absolute Gasteiger partial charge is 0.508 e. The highest BCUT2D eigenvalue weighted by Gasteiger charge is 2.27. The Kier molecular flexibility index (Phi) is 5.95. The van der Waals surface area contributed by atoms with E-state index < -0.39 is 35.8 Å². The van der Waals surface area contributed by atoms with Gasteiger partial charge in [0.25, 0.3) is 20.2 Å². The lowest BCUT2D eigenvalue weighted by Gasteiger charge is -2.08. The van der Waals surface area contributed by atoms with Gasteiger partial charge < -0.3 is 17.4 Å². The number of hydrogen-bond donors (Lipinski definition) is 5. The highest BCUT2D eigenvalue weighted by atomic mass is 32.2. The lowest BCUT2D eigenvalue weighted by Crippen LogP contribution is -2.10. The van der Waals surface area contributed by atoms with Gasteiger partial charge in [0.15, 0.2) is 0 Å². The Balaban J connectivity index is 0. The van der Waals surface area contributed by atoms with Crippen molar-refractivity contribution in [3.05, 3.63) is 17.7 Å². The molecule has 1 rings (SSSR count). The third-order valence-electron chi connectivity index (χ3n) is 1.88. The van der Waals surface area contributed by atoms with Crippen molar-refractivity contribution < 1.29 is 31.0 Å². The van der Waals surface area contributed by atoms with Gasteiger partial charge in [0.05, 0.1) is 0 Å². The number of benzene rings is 1. The van der Waals surface area contributed by atoms with Crippen molar-refractivity contribution in [1.29, 1.82) is 0 Å². The fraction of sp³-hybridized carbons (Fsp3) is 0.143. The molecule has 0 heterocycles. The van der Waals surface area contributed by atoms with E-state index in [-0.39, 0.29) is 17.9 Å². The van der Waals surface area contributed by atoms with Crippen molar-refractivity contribution in [3.8, 4) is 5.75 Å². The first-order valence-corrected chi connectivity index (χ1v) is 6.70. The van der Waals surface area contributed by atoms with Crippen LogP contribution >= 0.6 is 0 Å². The molecule has 18 heavy (non-hydrogen) atoms. The molecule has 0 saturated heterocycles. The SMILES string of the molecule is Cc1c(O)ccc(S(=O)(=O)O)c1S(=O)(=O)O.N.N. The summed E-state index contributed by atoms with van der Waals surface area (Å²) < 4.78 is 61.2. The fourth-order valence-electron chi connectivity index (χ4n) is 1.18. The first-order chi connectivity index (χ1) is 7.05. The average molecular weight is 302 g/mol. The van der Waals surface area contributed by atoms with Gasteiger partial charge in [-0.2, -0.15) is 16.8 Å². The number of phenolic OH excluding ortho intramolecular Hbond substituents is 1. The van der Waals surface area contributed by atoms with E-state index in [4.69, 9.17) is 9.11 Å². The minimum atomic E-state index is -4.87. The van der Waals surface area contributed by atoms with Crippen LogP contribution in [0.15, 0.2) is 21.9 Å². The van der Waals surface area contributed by atoms with E-state index >= 15 is 0 Å². The molecule has 1 aromatic rings. The predicted molar refractivity (Wildman–Crippen MR) is 62.5 cm³/mol. The molecule has 0 fully saturated rings. The zero-order chi connectivity index (χ0) is 12.7. The summed E-state index contributed by atoms with van der Waals surface area (Å²) in [5, 5.41) is 9.20. The van der Waals surface area contributed by atoms with Gasteiger partial charge in [-0.25, -0.2) is 0 Å². The van der Waals surface area contributed by atoms with E-state index in [1.807, 2.05) is 0 Å². The molecule has 0 aromatic heterocycles. The van der Waals surface area contributed by atoms with Gasteiger partial charge in [-0.15, -0.1) is 0 Å². The Morgan fingerprint density at radius 2 is 1.39 bits per heavy atom. The lowest BCUT2D eigenvalue weighted by molar-refractivity contribution is 0.452. The molecule has 1 aromatic carbocycles. The molecule has 0 aliphatic rings. The Labute approximate surface area is 104 Å². The third-order valence-corrected chi connectivity index (χ3v) is 3.94. The van der Waals surface area contributed by atoms with E-state index in [2.05, 4.69) is 0 Å². The Morgan fingerprint density at radius 1 is 0.944 bits per heavy atom. The summed E-state index contributed by atoms with van der Waals surface area (Å²) >= 11 is 0. The standard InChI is InChI=1S/C7H8O7S2.2H3N/c1-4-5(8)2-3-6(15(9,10)11)7(4)16(12,13)14;;/h2-3,8H,1H3,(H,9,10,11)(H,12,13,14);2*1H3. The molecule has 106 valence electrons. The number of rotatable bonds is 2. The summed E-state index contributed by atoms with van der Waals surface area (Å²) in [6.07, 6.45) is 0. The second-order valence-corrected chi connectivity index (χ2v) is 5.74. The maximum absolute atomic E-state index is 10.9. The molecule has 0 atom stereocenters. The van der Waals surface area contributed by atoms with Gasteiger partial charge in [-0.1, -0.05) is 0 Å². The molecular formula is C7H14N2O7S2. The van der Waals surface area contributed by atoms with Gasteiger partial charge in [0, 0.05) is 5.56 Å². The maximum Gasteiger partial charge on any atom is 0.296 e. The molecule has 0 unspecified atom stereocenters. The second-order valence-electron chi connectivity index (χ2n) is 2.99.